The first-order chi connectivity index (χ1) is 8.52. The van der Waals surface area contributed by atoms with Gasteiger partial charge in [-0.25, -0.2) is 10.4 Å². The second-order valence-corrected chi connectivity index (χ2v) is 3.70. The number of halogens is 3. The van der Waals surface area contributed by atoms with Crippen LogP contribution in [-0.2, 0) is 6.18 Å². The molecular weight excluding hydrogens is 245 g/mol. The number of aromatic amines is 1. The maximum absolute atomic E-state index is 12.6. The maximum Gasteiger partial charge on any atom is 0.416 e. The quantitative estimate of drug-likeness (QED) is 0.581. The standard InChI is InChI=1S/C11H11F3N4/c12-11(13,14)8-3-1-2-7(6-8)9(18-15)10-16-4-5-17-10/h1-6,9,18H,15H2,(H,16,17). The van der Waals surface area contributed by atoms with Crippen LogP contribution < -0.4 is 11.3 Å². The number of H-pyrrole nitrogens is 1. The van der Waals surface area contributed by atoms with Crippen molar-refractivity contribution in [2.45, 2.75) is 12.2 Å². The molecule has 0 saturated carbocycles. The van der Waals surface area contributed by atoms with Crippen LogP contribution in [0, 0.1) is 0 Å². The Morgan fingerprint density at radius 2 is 2.11 bits per heavy atom. The molecule has 0 aliphatic heterocycles. The van der Waals surface area contributed by atoms with Crippen molar-refractivity contribution in [1.82, 2.24) is 15.4 Å². The van der Waals surface area contributed by atoms with Crippen LogP contribution in [0.1, 0.15) is 23.0 Å². The first-order valence-corrected chi connectivity index (χ1v) is 5.15. The van der Waals surface area contributed by atoms with Crippen LogP contribution in [0.25, 0.3) is 0 Å². The molecule has 1 unspecified atom stereocenters. The molecular formula is C11H11F3N4. The van der Waals surface area contributed by atoms with Gasteiger partial charge >= 0.3 is 6.18 Å². The first-order valence-electron chi connectivity index (χ1n) is 5.15. The Hall–Kier alpha value is -1.86. The van der Waals surface area contributed by atoms with Gasteiger partial charge in [0, 0.05) is 12.4 Å². The predicted molar refractivity (Wildman–Crippen MR) is 59.2 cm³/mol. The Morgan fingerprint density at radius 1 is 1.33 bits per heavy atom. The summed E-state index contributed by atoms with van der Waals surface area (Å²) in [5, 5.41) is 0. The van der Waals surface area contributed by atoms with Gasteiger partial charge in [0.25, 0.3) is 0 Å². The number of benzene rings is 1. The molecule has 4 N–H and O–H groups in total. The van der Waals surface area contributed by atoms with E-state index >= 15 is 0 Å². The highest BCUT2D eigenvalue weighted by atomic mass is 19.4. The summed E-state index contributed by atoms with van der Waals surface area (Å²) in [5.74, 6) is 5.82. The molecule has 1 heterocycles. The normalized spacial score (nSPS) is 13.6. The van der Waals surface area contributed by atoms with Crippen LogP contribution in [0.3, 0.4) is 0 Å². The predicted octanol–water partition coefficient (Wildman–Crippen LogP) is 1.98. The number of nitrogens with zero attached hydrogens (tertiary/aromatic N) is 1. The highest BCUT2D eigenvalue weighted by Gasteiger charge is 2.31. The zero-order valence-corrected chi connectivity index (χ0v) is 9.20. The molecule has 18 heavy (non-hydrogen) atoms. The Morgan fingerprint density at radius 3 is 2.67 bits per heavy atom. The number of hydrogen-bond acceptors (Lipinski definition) is 3. The summed E-state index contributed by atoms with van der Waals surface area (Å²) in [6, 6.07) is 4.35. The number of imidazole rings is 1. The lowest BCUT2D eigenvalue weighted by atomic mass is 10.0. The zero-order chi connectivity index (χ0) is 13.2. The summed E-state index contributed by atoms with van der Waals surface area (Å²) < 4.78 is 37.8. The van der Waals surface area contributed by atoms with E-state index in [-0.39, 0.29) is 0 Å². The van der Waals surface area contributed by atoms with E-state index in [0.717, 1.165) is 12.1 Å². The maximum atomic E-state index is 12.6. The number of hydrazine groups is 1. The van der Waals surface area contributed by atoms with Gasteiger partial charge in [0.15, 0.2) is 0 Å². The smallest absolute Gasteiger partial charge is 0.347 e. The third kappa shape index (κ3) is 2.52. The molecule has 2 rings (SSSR count). The molecule has 0 radical (unpaired) electrons. The van der Waals surface area contributed by atoms with E-state index in [4.69, 9.17) is 5.84 Å². The summed E-state index contributed by atoms with van der Waals surface area (Å²) >= 11 is 0. The van der Waals surface area contributed by atoms with Crippen molar-refractivity contribution >= 4 is 0 Å². The third-order valence-electron chi connectivity index (χ3n) is 2.51. The van der Waals surface area contributed by atoms with E-state index in [0.29, 0.717) is 11.4 Å². The minimum Gasteiger partial charge on any atom is -0.347 e. The minimum absolute atomic E-state index is 0.391. The Balaban J connectivity index is 2.38. The van der Waals surface area contributed by atoms with E-state index in [1.54, 1.807) is 12.3 Å². The molecule has 0 fully saturated rings. The van der Waals surface area contributed by atoms with Crippen LogP contribution in [0.5, 0.6) is 0 Å². The van der Waals surface area contributed by atoms with Gasteiger partial charge in [0.2, 0.25) is 0 Å². The van der Waals surface area contributed by atoms with Crippen LogP contribution in [0.15, 0.2) is 36.7 Å². The second kappa shape index (κ2) is 4.79. The van der Waals surface area contributed by atoms with E-state index in [1.165, 1.54) is 12.3 Å². The summed E-state index contributed by atoms with van der Waals surface area (Å²) in [7, 11) is 0. The molecule has 0 amide bonds. The largest absolute Gasteiger partial charge is 0.416 e. The topological polar surface area (TPSA) is 66.7 Å². The van der Waals surface area contributed by atoms with Gasteiger partial charge < -0.3 is 4.98 Å². The number of hydrogen-bond donors (Lipinski definition) is 3. The van der Waals surface area contributed by atoms with Crippen molar-refractivity contribution in [3.8, 4) is 0 Å². The van der Waals surface area contributed by atoms with E-state index in [1.807, 2.05) is 0 Å². The van der Waals surface area contributed by atoms with Crippen molar-refractivity contribution in [2.75, 3.05) is 0 Å². The molecule has 0 aliphatic carbocycles. The molecule has 0 spiro atoms. The number of alkyl halides is 3. The fourth-order valence-electron chi connectivity index (χ4n) is 1.66. The van der Waals surface area contributed by atoms with Crippen molar-refractivity contribution in [3.63, 3.8) is 0 Å². The fraction of sp³-hybridized carbons (Fsp3) is 0.182. The summed E-state index contributed by atoms with van der Waals surface area (Å²) in [6.07, 6.45) is -1.29. The third-order valence-corrected chi connectivity index (χ3v) is 2.51. The Kier molecular flexibility index (Phi) is 3.35. The van der Waals surface area contributed by atoms with Gasteiger partial charge in [0.1, 0.15) is 11.9 Å². The Bertz CT molecular complexity index is 507. The first kappa shape index (κ1) is 12.6. The SMILES string of the molecule is NNC(c1cccc(C(F)(F)F)c1)c1ncc[nH]1. The highest BCUT2D eigenvalue weighted by molar-refractivity contribution is 5.31. The van der Waals surface area contributed by atoms with Crippen molar-refractivity contribution in [1.29, 1.82) is 0 Å². The highest BCUT2D eigenvalue weighted by Crippen LogP contribution is 2.31. The zero-order valence-electron chi connectivity index (χ0n) is 9.20. The average Bonchev–Trinajstić information content (AvgIpc) is 2.83. The van der Waals surface area contributed by atoms with Gasteiger partial charge in [-0.1, -0.05) is 12.1 Å². The van der Waals surface area contributed by atoms with Crippen LogP contribution >= 0.6 is 0 Å². The number of aromatic nitrogens is 2. The lowest BCUT2D eigenvalue weighted by Gasteiger charge is -2.15. The second-order valence-electron chi connectivity index (χ2n) is 3.70. The van der Waals surface area contributed by atoms with Crippen LogP contribution in [0.4, 0.5) is 13.2 Å². The lowest BCUT2D eigenvalue weighted by molar-refractivity contribution is -0.137. The molecule has 0 bridgehead atoms. The molecule has 1 atom stereocenters. The monoisotopic (exact) mass is 256 g/mol. The number of rotatable bonds is 3. The van der Waals surface area contributed by atoms with Crippen molar-refractivity contribution < 1.29 is 13.2 Å². The summed E-state index contributed by atoms with van der Waals surface area (Å²) in [4.78, 5) is 6.79. The van der Waals surface area contributed by atoms with Crippen LogP contribution in [-0.4, -0.2) is 9.97 Å². The van der Waals surface area contributed by atoms with E-state index in [2.05, 4.69) is 15.4 Å². The summed E-state index contributed by atoms with van der Waals surface area (Å²) in [5.41, 5.74) is 2.11. The van der Waals surface area contributed by atoms with Gasteiger partial charge in [0.05, 0.1) is 5.56 Å². The molecule has 96 valence electrons. The average molecular weight is 256 g/mol. The van der Waals surface area contributed by atoms with Crippen LogP contribution in [0.2, 0.25) is 0 Å². The van der Waals surface area contributed by atoms with Gasteiger partial charge in [-0.05, 0) is 17.7 Å². The fourth-order valence-corrected chi connectivity index (χ4v) is 1.66. The lowest BCUT2D eigenvalue weighted by Crippen LogP contribution is -2.29. The molecule has 4 nitrogen and oxygen atoms in total. The van der Waals surface area contributed by atoms with E-state index in [9.17, 15) is 13.2 Å². The van der Waals surface area contributed by atoms with Gasteiger partial charge in [-0.15, -0.1) is 0 Å². The van der Waals surface area contributed by atoms with Gasteiger partial charge in [-0.2, -0.15) is 13.2 Å². The molecule has 0 aliphatic rings. The Labute approximate surface area is 101 Å². The molecule has 0 saturated heterocycles. The molecule has 2 aromatic rings. The molecule has 1 aromatic carbocycles. The van der Waals surface area contributed by atoms with Crippen molar-refractivity contribution in [2.24, 2.45) is 5.84 Å². The molecule has 1 aromatic heterocycles. The van der Waals surface area contributed by atoms with E-state index < -0.39 is 17.8 Å². The number of nitrogens with two attached hydrogens (primary N) is 1. The minimum atomic E-state index is -4.38. The van der Waals surface area contributed by atoms with Gasteiger partial charge in [-0.3, -0.25) is 5.84 Å². The number of nitrogens with one attached hydrogen (secondary N) is 2. The van der Waals surface area contributed by atoms with Crippen molar-refractivity contribution in [3.05, 3.63) is 53.6 Å². The summed E-state index contributed by atoms with van der Waals surface area (Å²) in [6.45, 7) is 0. The molecule has 7 heteroatoms.